The topological polar surface area (TPSA) is 107 Å². The van der Waals surface area contributed by atoms with Crippen LogP contribution in [0.15, 0.2) is 52.0 Å². The first-order chi connectivity index (χ1) is 11.6. The van der Waals surface area contributed by atoms with Gasteiger partial charge in [0.2, 0.25) is 10.9 Å². The van der Waals surface area contributed by atoms with E-state index in [4.69, 9.17) is 15.4 Å². The monoisotopic (exact) mass is 344 g/mol. The third-order valence-electron chi connectivity index (χ3n) is 3.43. The SMILES string of the molecule is Nn1c(CCc2ccccc2)nnc1SCc1ccc(C(=O)O)o1. The molecule has 0 aliphatic heterocycles. The van der Waals surface area contributed by atoms with Gasteiger partial charge in [0, 0.05) is 6.42 Å². The molecule has 0 bridgehead atoms. The number of nitrogens with two attached hydrogens (primary N) is 1. The maximum absolute atomic E-state index is 10.8. The molecule has 0 atom stereocenters. The number of carboxylic acid groups (broad SMARTS) is 1. The van der Waals surface area contributed by atoms with Crippen molar-refractivity contribution in [2.75, 3.05) is 5.84 Å². The Balaban J connectivity index is 1.59. The first-order valence-electron chi connectivity index (χ1n) is 7.31. The predicted molar refractivity (Wildman–Crippen MR) is 89.3 cm³/mol. The van der Waals surface area contributed by atoms with E-state index >= 15 is 0 Å². The van der Waals surface area contributed by atoms with Crippen molar-refractivity contribution in [1.29, 1.82) is 0 Å². The Morgan fingerprint density at radius 1 is 1.17 bits per heavy atom. The van der Waals surface area contributed by atoms with Crippen LogP contribution < -0.4 is 5.84 Å². The molecule has 3 N–H and O–H groups in total. The number of thioether (sulfide) groups is 1. The predicted octanol–water partition coefficient (Wildman–Crippen LogP) is 2.36. The van der Waals surface area contributed by atoms with Crippen molar-refractivity contribution < 1.29 is 14.3 Å². The molecule has 7 nitrogen and oxygen atoms in total. The minimum atomic E-state index is -1.09. The van der Waals surface area contributed by atoms with Crippen LogP contribution >= 0.6 is 11.8 Å². The summed E-state index contributed by atoms with van der Waals surface area (Å²) in [6, 6.07) is 13.2. The number of nitrogens with zero attached hydrogens (tertiary/aromatic N) is 3. The maximum Gasteiger partial charge on any atom is 0.371 e. The van der Waals surface area contributed by atoms with E-state index in [1.54, 1.807) is 6.07 Å². The van der Waals surface area contributed by atoms with Gasteiger partial charge in [-0.2, -0.15) is 0 Å². The van der Waals surface area contributed by atoms with Crippen molar-refractivity contribution in [3.05, 3.63) is 65.4 Å². The molecule has 124 valence electrons. The number of aryl methyl sites for hydroxylation is 2. The summed E-state index contributed by atoms with van der Waals surface area (Å²) in [7, 11) is 0. The van der Waals surface area contributed by atoms with E-state index < -0.39 is 5.97 Å². The van der Waals surface area contributed by atoms with Gasteiger partial charge in [-0.1, -0.05) is 42.1 Å². The molecule has 2 heterocycles. The molecular formula is C16H16N4O3S. The normalized spacial score (nSPS) is 10.8. The molecule has 0 saturated heterocycles. The molecule has 0 unspecified atom stereocenters. The van der Waals surface area contributed by atoms with E-state index in [2.05, 4.69) is 22.3 Å². The summed E-state index contributed by atoms with van der Waals surface area (Å²) in [5.41, 5.74) is 1.21. The molecule has 0 amide bonds. The molecule has 0 aliphatic carbocycles. The fourth-order valence-corrected chi connectivity index (χ4v) is 2.95. The molecule has 8 heteroatoms. The lowest BCUT2D eigenvalue weighted by molar-refractivity contribution is 0.0661. The van der Waals surface area contributed by atoms with Crippen LogP contribution in [0.5, 0.6) is 0 Å². The average molecular weight is 344 g/mol. The number of aromatic nitrogens is 3. The molecule has 1 aromatic carbocycles. The largest absolute Gasteiger partial charge is 0.475 e. The summed E-state index contributed by atoms with van der Waals surface area (Å²) in [5, 5.41) is 17.6. The Labute approximate surface area is 142 Å². The van der Waals surface area contributed by atoms with Crippen molar-refractivity contribution in [2.24, 2.45) is 0 Å². The molecule has 24 heavy (non-hydrogen) atoms. The first-order valence-corrected chi connectivity index (χ1v) is 8.30. The smallest absolute Gasteiger partial charge is 0.371 e. The summed E-state index contributed by atoms with van der Waals surface area (Å²) in [4.78, 5) is 10.8. The highest BCUT2D eigenvalue weighted by atomic mass is 32.2. The van der Waals surface area contributed by atoms with Gasteiger partial charge in [-0.05, 0) is 24.1 Å². The van der Waals surface area contributed by atoms with Crippen LogP contribution in [0.4, 0.5) is 0 Å². The van der Waals surface area contributed by atoms with Crippen LogP contribution in [0.25, 0.3) is 0 Å². The molecule has 0 saturated carbocycles. The highest BCUT2D eigenvalue weighted by Crippen LogP contribution is 2.22. The van der Waals surface area contributed by atoms with E-state index in [-0.39, 0.29) is 5.76 Å². The zero-order valence-corrected chi connectivity index (χ0v) is 13.6. The van der Waals surface area contributed by atoms with Crippen LogP contribution in [0.1, 0.15) is 27.7 Å². The lowest BCUT2D eigenvalue weighted by Gasteiger charge is -2.03. The zero-order chi connectivity index (χ0) is 16.9. The Bertz CT molecular complexity index is 829. The second-order valence-electron chi connectivity index (χ2n) is 5.11. The Hall–Kier alpha value is -2.74. The third kappa shape index (κ3) is 3.77. The van der Waals surface area contributed by atoms with Gasteiger partial charge in [-0.3, -0.25) is 0 Å². The fraction of sp³-hybridized carbons (Fsp3) is 0.188. The first kappa shape index (κ1) is 16.1. The number of furan rings is 1. The van der Waals surface area contributed by atoms with Gasteiger partial charge in [0.15, 0.2) is 5.82 Å². The molecule has 3 rings (SSSR count). The number of hydrogen-bond acceptors (Lipinski definition) is 6. The number of carboxylic acids is 1. The summed E-state index contributed by atoms with van der Waals surface area (Å²) < 4.78 is 6.67. The van der Waals surface area contributed by atoms with E-state index in [1.807, 2.05) is 18.2 Å². The summed E-state index contributed by atoms with van der Waals surface area (Å²) in [6.45, 7) is 0. The van der Waals surface area contributed by atoms with E-state index in [0.717, 1.165) is 6.42 Å². The van der Waals surface area contributed by atoms with Crippen molar-refractivity contribution in [3.8, 4) is 0 Å². The second-order valence-corrected chi connectivity index (χ2v) is 6.06. The molecule has 0 aliphatic rings. The Kier molecular flexibility index (Phi) is 4.85. The van der Waals surface area contributed by atoms with Crippen molar-refractivity contribution in [2.45, 2.75) is 23.8 Å². The molecule has 0 spiro atoms. The Morgan fingerprint density at radius 3 is 2.67 bits per heavy atom. The van der Waals surface area contributed by atoms with Crippen LogP contribution in [0.3, 0.4) is 0 Å². The highest BCUT2D eigenvalue weighted by Gasteiger charge is 2.13. The van der Waals surface area contributed by atoms with E-state index in [9.17, 15) is 4.79 Å². The zero-order valence-electron chi connectivity index (χ0n) is 12.8. The van der Waals surface area contributed by atoms with E-state index in [0.29, 0.717) is 28.9 Å². The molecular weight excluding hydrogens is 328 g/mol. The lowest BCUT2D eigenvalue weighted by Crippen LogP contribution is -2.14. The van der Waals surface area contributed by atoms with Gasteiger partial charge >= 0.3 is 5.97 Å². The lowest BCUT2D eigenvalue weighted by atomic mass is 10.1. The Morgan fingerprint density at radius 2 is 1.96 bits per heavy atom. The molecule has 0 radical (unpaired) electrons. The van der Waals surface area contributed by atoms with Crippen molar-refractivity contribution >= 4 is 17.7 Å². The number of rotatable bonds is 7. The van der Waals surface area contributed by atoms with E-state index in [1.165, 1.54) is 28.1 Å². The summed E-state index contributed by atoms with van der Waals surface area (Å²) in [6.07, 6.45) is 1.53. The molecule has 2 aromatic heterocycles. The van der Waals surface area contributed by atoms with Gasteiger partial charge in [0.25, 0.3) is 0 Å². The minimum Gasteiger partial charge on any atom is -0.475 e. The number of carbonyl (C=O) groups is 1. The fourth-order valence-electron chi connectivity index (χ4n) is 2.18. The van der Waals surface area contributed by atoms with Gasteiger partial charge in [0.1, 0.15) is 5.76 Å². The standard InChI is InChI=1S/C16H16N4O3S/c17-20-14(9-6-11-4-2-1-3-5-11)18-19-16(20)24-10-12-7-8-13(23-12)15(21)22/h1-5,7-8H,6,9-10,17H2,(H,21,22). The van der Waals surface area contributed by atoms with Crippen LogP contribution in [0, 0.1) is 0 Å². The number of benzene rings is 1. The number of aromatic carboxylic acids is 1. The molecule has 3 aromatic rings. The minimum absolute atomic E-state index is 0.0802. The van der Waals surface area contributed by atoms with Crippen LogP contribution in [-0.2, 0) is 18.6 Å². The second kappa shape index (κ2) is 7.22. The van der Waals surface area contributed by atoms with Crippen LogP contribution in [-0.4, -0.2) is 25.9 Å². The van der Waals surface area contributed by atoms with Gasteiger partial charge in [-0.15, -0.1) is 10.2 Å². The highest BCUT2D eigenvalue weighted by molar-refractivity contribution is 7.98. The van der Waals surface area contributed by atoms with Gasteiger partial charge in [-0.25, -0.2) is 9.47 Å². The summed E-state index contributed by atoms with van der Waals surface area (Å²) in [5.74, 6) is 6.54. The van der Waals surface area contributed by atoms with Gasteiger partial charge < -0.3 is 15.4 Å². The van der Waals surface area contributed by atoms with Gasteiger partial charge in [0.05, 0.1) is 5.75 Å². The third-order valence-corrected chi connectivity index (χ3v) is 4.40. The average Bonchev–Trinajstić information content (AvgIpc) is 3.19. The maximum atomic E-state index is 10.8. The quantitative estimate of drug-likeness (QED) is 0.500. The molecule has 0 fully saturated rings. The van der Waals surface area contributed by atoms with Crippen LogP contribution in [0.2, 0.25) is 0 Å². The van der Waals surface area contributed by atoms with Crippen molar-refractivity contribution in [3.63, 3.8) is 0 Å². The van der Waals surface area contributed by atoms with Crippen molar-refractivity contribution in [1.82, 2.24) is 14.9 Å². The summed E-state index contributed by atoms with van der Waals surface area (Å²) >= 11 is 1.35. The number of hydrogen-bond donors (Lipinski definition) is 2. The number of nitrogen functional groups attached to an aromatic ring is 1.